The minimum Gasteiger partial charge on any atom is -0.399 e. The molecule has 2 N–H and O–H groups in total. The number of halogens is 1. The number of pyridine rings is 2. The molecule has 0 bridgehead atoms. The molecule has 0 saturated carbocycles. The Morgan fingerprint density at radius 1 is 1.16 bits per heavy atom. The van der Waals surface area contributed by atoms with Crippen LogP contribution in [0, 0.1) is 0 Å². The number of hydrogen-bond donors (Lipinski definition) is 1. The lowest BCUT2D eigenvalue weighted by molar-refractivity contribution is 1.15. The van der Waals surface area contributed by atoms with Crippen LogP contribution in [0.3, 0.4) is 0 Å². The first kappa shape index (κ1) is 11.7. The van der Waals surface area contributed by atoms with E-state index in [2.05, 4.69) is 4.98 Å². The summed E-state index contributed by atoms with van der Waals surface area (Å²) in [6.07, 6.45) is 1.60. The molecule has 0 aliphatic carbocycles. The second-order valence-corrected chi connectivity index (χ2v) is 4.52. The van der Waals surface area contributed by atoms with Crippen LogP contribution in [0.15, 0.2) is 53.5 Å². The number of nitrogens with zero attached hydrogens (tertiary/aromatic N) is 2. The van der Waals surface area contributed by atoms with Crippen LogP contribution in [0.2, 0.25) is 0 Å². The summed E-state index contributed by atoms with van der Waals surface area (Å²) in [7, 11) is 0. The summed E-state index contributed by atoms with van der Waals surface area (Å²) in [5.74, 6) is 0. The summed E-state index contributed by atoms with van der Waals surface area (Å²) in [4.78, 5) is 16.3. The van der Waals surface area contributed by atoms with Gasteiger partial charge >= 0.3 is 0 Å². The Hall–Kier alpha value is -2.33. The molecule has 0 atom stereocenters. The molecule has 5 heteroatoms. The molecule has 3 aromatic rings. The van der Waals surface area contributed by atoms with Gasteiger partial charge < -0.3 is 5.73 Å². The normalized spacial score (nSPS) is 10.8. The predicted octanol–water partition coefficient (Wildman–Crippen LogP) is 2.65. The van der Waals surface area contributed by atoms with Gasteiger partial charge in [-0.05, 0) is 35.9 Å². The van der Waals surface area contributed by atoms with Crippen molar-refractivity contribution < 1.29 is 0 Å². The molecule has 2 aromatic heterocycles. The number of aromatic nitrogens is 2. The van der Waals surface area contributed by atoms with Gasteiger partial charge in [-0.2, -0.15) is 4.09 Å². The zero-order chi connectivity index (χ0) is 13.4. The SMILES string of the molecule is Nc1ccc(-c2cc3cccnc3n(Cl)c2=O)cc1. The molecular formula is C14H10ClN3O. The van der Waals surface area contributed by atoms with Crippen molar-refractivity contribution in [2.75, 3.05) is 5.73 Å². The maximum atomic E-state index is 12.2. The molecule has 0 saturated heterocycles. The van der Waals surface area contributed by atoms with E-state index in [1.54, 1.807) is 42.6 Å². The lowest BCUT2D eigenvalue weighted by Gasteiger charge is -2.06. The van der Waals surface area contributed by atoms with Crippen molar-refractivity contribution in [2.24, 2.45) is 0 Å². The molecule has 0 aliphatic heterocycles. The first-order valence-electron chi connectivity index (χ1n) is 5.69. The second-order valence-electron chi connectivity index (χ2n) is 4.18. The minimum atomic E-state index is -0.294. The smallest absolute Gasteiger partial charge is 0.274 e. The molecule has 4 nitrogen and oxygen atoms in total. The Morgan fingerprint density at radius 2 is 1.89 bits per heavy atom. The Labute approximate surface area is 114 Å². The summed E-state index contributed by atoms with van der Waals surface area (Å²) in [5, 5.41) is 0.809. The van der Waals surface area contributed by atoms with Gasteiger partial charge in [0.05, 0.1) is 0 Å². The van der Waals surface area contributed by atoms with Crippen LogP contribution in [-0.4, -0.2) is 9.07 Å². The number of benzene rings is 1. The van der Waals surface area contributed by atoms with Crippen LogP contribution in [0.4, 0.5) is 5.69 Å². The molecule has 0 spiro atoms. The third-order valence-corrected chi connectivity index (χ3v) is 3.25. The monoisotopic (exact) mass is 271 g/mol. The van der Waals surface area contributed by atoms with E-state index in [9.17, 15) is 4.79 Å². The average Bonchev–Trinajstić information content (AvgIpc) is 2.44. The number of nitrogen functional groups attached to an aromatic ring is 1. The predicted molar refractivity (Wildman–Crippen MR) is 77.1 cm³/mol. The summed E-state index contributed by atoms with van der Waals surface area (Å²) in [6, 6.07) is 12.5. The largest absolute Gasteiger partial charge is 0.399 e. The van der Waals surface area contributed by atoms with Crippen LogP contribution >= 0.6 is 11.8 Å². The molecule has 3 rings (SSSR count). The maximum absolute atomic E-state index is 12.2. The fourth-order valence-electron chi connectivity index (χ4n) is 1.97. The van der Waals surface area contributed by atoms with Gasteiger partial charge in [-0.3, -0.25) is 4.79 Å². The zero-order valence-corrected chi connectivity index (χ0v) is 10.6. The van der Waals surface area contributed by atoms with Crippen molar-refractivity contribution in [3.05, 3.63) is 59.0 Å². The van der Waals surface area contributed by atoms with E-state index >= 15 is 0 Å². The minimum absolute atomic E-state index is 0.294. The van der Waals surface area contributed by atoms with Gasteiger partial charge in [0.2, 0.25) is 0 Å². The summed E-state index contributed by atoms with van der Waals surface area (Å²) in [5.41, 5.74) is 7.75. The highest BCUT2D eigenvalue weighted by molar-refractivity contribution is 6.18. The molecule has 0 aliphatic rings. The van der Waals surface area contributed by atoms with Crippen molar-refractivity contribution in [3.63, 3.8) is 0 Å². The number of anilines is 1. The van der Waals surface area contributed by atoms with Crippen molar-refractivity contribution in [2.45, 2.75) is 0 Å². The van der Waals surface area contributed by atoms with Gasteiger partial charge in [0.25, 0.3) is 5.56 Å². The van der Waals surface area contributed by atoms with Crippen molar-refractivity contribution >= 4 is 28.5 Å². The highest BCUT2D eigenvalue weighted by atomic mass is 35.5. The lowest BCUT2D eigenvalue weighted by Crippen LogP contribution is -2.16. The van der Waals surface area contributed by atoms with Gasteiger partial charge in [-0.25, -0.2) is 4.98 Å². The molecule has 2 heterocycles. The second kappa shape index (κ2) is 4.40. The number of hydrogen-bond acceptors (Lipinski definition) is 3. The van der Waals surface area contributed by atoms with Gasteiger partial charge in [-0.15, -0.1) is 0 Å². The molecule has 0 unspecified atom stereocenters. The maximum Gasteiger partial charge on any atom is 0.274 e. The summed E-state index contributed by atoms with van der Waals surface area (Å²) in [6.45, 7) is 0. The molecular weight excluding hydrogens is 262 g/mol. The third kappa shape index (κ3) is 1.96. The quantitative estimate of drug-likeness (QED) is 0.692. The van der Waals surface area contributed by atoms with Crippen molar-refractivity contribution in [1.29, 1.82) is 0 Å². The summed E-state index contributed by atoms with van der Waals surface area (Å²) < 4.78 is 1.04. The average molecular weight is 272 g/mol. The molecule has 1 aromatic carbocycles. The van der Waals surface area contributed by atoms with Gasteiger partial charge in [0, 0.05) is 34.6 Å². The van der Waals surface area contributed by atoms with Crippen LogP contribution < -0.4 is 11.3 Å². The first-order valence-corrected chi connectivity index (χ1v) is 6.03. The fourth-order valence-corrected chi connectivity index (χ4v) is 2.21. The van der Waals surface area contributed by atoms with E-state index in [-0.39, 0.29) is 5.56 Å². The number of fused-ring (bicyclic) bond motifs is 1. The third-order valence-electron chi connectivity index (χ3n) is 2.93. The molecule has 0 fully saturated rings. The number of rotatable bonds is 1. The standard InChI is InChI=1S/C14H10ClN3O/c15-18-13-10(2-1-7-17-13)8-12(14(18)19)9-3-5-11(16)6-4-9/h1-8H,16H2. The number of nitrogens with two attached hydrogens (primary N) is 1. The van der Waals surface area contributed by atoms with E-state index < -0.39 is 0 Å². The highest BCUT2D eigenvalue weighted by Crippen LogP contribution is 2.21. The Morgan fingerprint density at radius 3 is 2.63 bits per heavy atom. The van der Waals surface area contributed by atoms with E-state index in [1.807, 2.05) is 6.07 Å². The zero-order valence-electron chi connectivity index (χ0n) is 9.88. The van der Waals surface area contributed by atoms with E-state index in [0.717, 1.165) is 15.0 Å². The van der Waals surface area contributed by atoms with Crippen LogP contribution in [-0.2, 0) is 0 Å². The van der Waals surface area contributed by atoms with E-state index in [1.165, 1.54) is 0 Å². The van der Waals surface area contributed by atoms with Crippen molar-refractivity contribution in [1.82, 2.24) is 9.07 Å². The summed E-state index contributed by atoms with van der Waals surface area (Å²) >= 11 is 6.03. The molecule has 0 radical (unpaired) electrons. The van der Waals surface area contributed by atoms with E-state index in [4.69, 9.17) is 17.5 Å². The van der Waals surface area contributed by atoms with Gasteiger partial charge in [0.1, 0.15) is 0 Å². The van der Waals surface area contributed by atoms with E-state index in [0.29, 0.717) is 16.9 Å². The fraction of sp³-hybridized carbons (Fsp3) is 0. The van der Waals surface area contributed by atoms with Crippen LogP contribution in [0.5, 0.6) is 0 Å². The van der Waals surface area contributed by atoms with Crippen molar-refractivity contribution in [3.8, 4) is 11.1 Å². The molecule has 94 valence electrons. The first-order chi connectivity index (χ1) is 9.16. The highest BCUT2D eigenvalue weighted by Gasteiger charge is 2.10. The Kier molecular flexibility index (Phi) is 2.72. The molecule has 0 amide bonds. The molecule has 19 heavy (non-hydrogen) atoms. The van der Waals surface area contributed by atoms with Crippen LogP contribution in [0.1, 0.15) is 0 Å². The topological polar surface area (TPSA) is 60.9 Å². The lowest BCUT2D eigenvalue weighted by atomic mass is 10.1. The Balaban J connectivity index is 2.33. The Bertz CT molecular complexity index is 809. The van der Waals surface area contributed by atoms with Gasteiger partial charge in [0.15, 0.2) is 5.65 Å². The van der Waals surface area contributed by atoms with Crippen LogP contribution in [0.25, 0.3) is 22.2 Å². The van der Waals surface area contributed by atoms with Gasteiger partial charge in [-0.1, -0.05) is 12.1 Å².